The van der Waals surface area contributed by atoms with Crippen molar-refractivity contribution in [1.82, 2.24) is 14.3 Å². The maximum absolute atomic E-state index is 10.3. The second kappa shape index (κ2) is 6.59. The molecule has 1 aliphatic rings. The number of nitrogens with zero attached hydrogens (tertiary/aromatic N) is 3. The first-order chi connectivity index (χ1) is 11.7. The summed E-state index contributed by atoms with van der Waals surface area (Å²) in [5, 5.41) is 11.0. The zero-order valence-electron chi connectivity index (χ0n) is 13.3. The van der Waals surface area contributed by atoms with Crippen LogP contribution in [0.5, 0.6) is 0 Å². The van der Waals surface area contributed by atoms with Gasteiger partial charge in [0.05, 0.1) is 17.0 Å². The molecule has 2 unspecified atom stereocenters. The number of pyridine rings is 1. The van der Waals surface area contributed by atoms with Gasteiger partial charge >= 0.3 is 0 Å². The average Bonchev–Trinajstić information content (AvgIpc) is 3.28. The van der Waals surface area contributed by atoms with Crippen LogP contribution in [0.3, 0.4) is 0 Å². The van der Waals surface area contributed by atoms with Gasteiger partial charge in [-0.05, 0) is 50.1 Å². The van der Waals surface area contributed by atoms with Crippen LogP contribution in [0.1, 0.15) is 36.8 Å². The Labute approximate surface area is 145 Å². The molecule has 1 saturated heterocycles. The third-order valence-corrected chi connectivity index (χ3v) is 4.92. The molecular formula is C18H20ClN3O2. The summed E-state index contributed by atoms with van der Waals surface area (Å²) in [5.74, 6) is 0.643. The Balaban J connectivity index is 1.46. The zero-order valence-corrected chi connectivity index (χ0v) is 14.1. The summed E-state index contributed by atoms with van der Waals surface area (Å²) < 4.78 is 7.27. The Morgan fingerprint density at radius 3 is 3.08 bits per heavy atom. The van der Waals surface area contributed by atoms with E-state index in [1.165, 1.54) is 0 Å². The van der Waals surface area contributed by atoms with E-state index in [2.05, 4.69) is 9.88 Å². The fourth-order valence-corrected chi connectivity index (χ4v) is 3.69. The highest BCUT2D eigenvalue weighted by Crippen LogP contribution is 2.28. The zero-order chi connectivity index (χ0) is 16.5. The Morgan fingerprint density at radius 2 is 2.25 bits per heavy atom. The lowest BCUT2D eigenvalue weighted by atomic mass is 10.1. The number of hydrogen-bond donors (Lipinski definition) is 1. The van der Waals surface area contributed by atoms with Gasteiger partial charge in [-0.1, -0.05) is 11.6 Å². The maximum Gasteiger partial charge on any atom is 0.137 e. The molecule has 0 amide bonds. The molecule has 0 bridgehead atoms. The molecule has 1 fully saturated rings. The van der Waals surface area contributed by atoms with E-state index in [9.17, 15) is 5.11 Å². The topological polar surface area (TPSA) is 53.9 Å². The molecule has 4 heterocycles. The van der Waals surface area contributed by atoms with E-state index >= 15 is 0 Å². The third kappa shape index (κ3) is 3.20. The number of aliphatic hydroxyl groups excluding tert-OH is 1. The summed E-state index contributed by atoms with van der Waals surface area (Å²) in [7, 11) is 0. The molecule has 0 aromatic carbocycles. The Kier molecular flexibility index (Phi) is 4.31. The molecule has 0 spiro atoms. The van der Waals surface area contributed by atoms with E-state index in [0.29, 0.717) is 23.2 Å². The lowest BCUT2D eigenvalue weighted by Crippen LogP contribution is -2.30. The van der Waals surface area contributed by atoms with Gasteiger partial charge in [0.25, 0.3) is 0 Å². The number of aromatic nitrogens is 2. The minimum atomic E-state index is -0.550. The van der Waals surface area contributed by atoms with Gasteiger partial charge in [-0.25, -0.2) is 4.98 Å². The van der Waals surface area contributed by atoms with Crippen LogP contribution in [0.4, 0.5) is 0 Å². The second-order valence-electron chi connectivity index (χ2n) is 6.38. The Bertz CT molecular complexity index is 815. The number of likely N-dealkylation sites (tertiary alicyclic amines) is 1. The first-order valence-corrected chi connectivity index (χ1v) is 8.65. The summed E-state index contributed by atoms with van der Waals surface area (Å²) in [4.78, 5) is 7.06. The highest BCUT2D eigenvalue weighted by molar-refractivity contribution is 6.30. The third-order valence-electron chi connectivity index (χ3n) is 4.70. The number of halogens is 1. The first kappa shape index (κ1) is 15.7. The van der Waals surface area contributed by atoms with Crippen LogP contribution in [0.15, 0.2) is 47.3 Å². The predicted octanol–water partition coefficient (Wildman–Crippen LogP) is 3.67. The number of hydrogen-bond acceptors (Lipinski definition) is 4. The minimum Gasteiger partial charge on any atom is -0.467 e. The summed E-state index contributed by atoms with van der Waals surface area (Å²) >= 11 is 6.03. The largest absolute Gasteiger partial charge is 0.467 e. The fourth-order valence-electron chi connectivity index (χ4n) is 3.53. The average molecular weight is 346 g/mol. The van der Waals surface area contributed by atoms with Gasteiger partial charge in [0.1, 0.15) is 17.5 Å². The van der Waals surface area contributed by atoms with Gasteiger partial charge in [0.2, 0.25) is 0 Å². The van der Waals surface area contributed by atoms with Crippen LogP contribution in [-0.4, -0.2) is 32.0 Å². The number of imidazole rings is 1. The number of furan rings is 1. The molecule has 3 aromatic rings. The van der Waals surface area contributed by atoms with Gasteiger partial charge in [0.15, 0.2) is 0 Å². The van der Waals surface area contributed by atoms with Crippen LogP contribution < -0.4 is 0 Å². The standard InChI is InChI=1S/C18H20ClN3O2/c19-13-5-6-18-20-14(12-22(18)10-13)11-21-7-1-3-15(21)9-16(23)17-4-2-8-24-17/h2,4-6,8,10,12,15-16,23H,1,3,7,9,11H2. The van der Waals surface area contributed by atoms with Crippen molar-refractivity contribution in [2.75, 3.05) is 6.54 Å². The molecule has 6 heteroatoms. The highest BCUT2D eigenvalue weighted by atomic mass is 35.5. The van der Waals surface area contributed by atoms with Crippen LogP contribution in [0.25, 0.3) is 5.65 Å². The van der Waals surface area contributed by atoms with Crippen molar-refractivity contribution in [2.24, 2.45) is 0 Å². The monoisotopic (exact) mass is 345 g/mol. The van der Waals surface area contributed by atoms with Crippen molar-refractivity contribution < 1.29 is 9.52 Å². The lowest BCUT2D eigenvalue weighted by molar-refractivity contribution is 0.0991. The van der Waals surface area contributed by atoms with E-state index < -0.39 is 6.10 Å². The second-order valence-corrected chi connectivity index (χ2v) is 6.81. The van der Waals surface area contributed by atoms with Gasteiger partial charge in [-0.3, -0.25) is 4.90 Å². The summed E-state index contributed by atoms with van der Waals surface area (Å²) in [6.07, 6.45) is 7.88. The van der Waals surface area contributed by atoms with Crippen LogP contribution in [-0.2, 0) is 6.54 Å². The Hall–Kier alpha value is -1.82. The smallest absolute Gasteiger partial charge is 0.137 e. The van der Waals surface area contributed by atoms with Crippen molar-refractivity contribution in [3.63, 3.8) is 0 Å². The summed E-state index contributed by atoms with van der Waals surface area (Å²) in [6.45, 7) is 1.82. The number of fused-ring (bicyclic) bond motifs is 1. The molecule has 24 heavy (non-hydrogen) atoms. The molecule has 0 aliphatic carbocycles. The van der Waals surface area contributed by atoms with Crippen LogP contribution >= 0.6 is 11.6 Å². The van der Waals surface area contributed by atoms with E-state index in [-0.39, 0.29) is 0 Å². The molecule has 1 aliphatic heterocycles. The van der Waals surface area contributed by atoms with E-state index in [1.807, 2.05) is 41.1 Å². The fraction of sp³-hybridized carbons (Fsp3) is 0.389. The van der Waals surface area contributed by atoms with E-state index in [1.54, 1.807) is 6.26 Å². The molecule has 1 N–H and O–H groups in total. The molecule has 2 atom stereocenters. The molecule has 5 nitrogen and oxygen atoms in total. The van der Waals surface area contributed by atoms with Gasteiger partial charge in [0, 0.05) is 25.0 Å². The predicted molar refractivity (Wildman–Crippen MR) is 91.9 cm³/mol. The lowest BCUT2D eigenvalue weighted by Gasteiger charge is -2.25. The molecule has 0 radical (unpaired) electrons. The molecule has 0 saturated carbocycles. The molecule has 126 valence electrons. The first-order valence-electron chi connectivity index (χ1n) is 8.28. The van der Waals surface area contributed by atoms with Gasteiger partial charge < -0.3 is 13.9 Å². The number of aliphatic hydroxyl groups is 1. The van der Waals surface area contributed by atoms with Gasteiger partial charge in [-0.15, -0.1) is 0 Å². The Morgan fingerprint density at radius 1 is 1.33 bits per heavy atom. The van der Waals surface area contributed by atoms with Crippen LogP contribution in [0.2, 0.25) is 5.02 Å². The normalized spacial score (nSPS) is 20.0. The SMILES string of the molecule is OC(CC1CCCN1Cc1cn2cc(Cl)ccc2n1)c1ccco1. The molecule has 3 aromatic heterocycles. The number of rotatable bonds is 5. The van der Waals surface area contributed by atoms with Crippen molar-refractivity contribution >= 4 is 17.2 Å². The van der Waals surface area contributed by atoms with Crippen molar-refractivity contribution in [2.45, 2.75) is 38.0 Å². The van der Waals surface area contributed by atoms with E-state index in [4.69, 9.17) is 16.0 Å². The van der Waals surface area contributed by atoms with Crippen molar-refractivity contribution in [3.05, 3.63) is 59.4 Å². The minimum absolute atomic E-state index is 0.346. The van der Waals surface area contributed by atoms with E-state index in [0.717, 1.165) is 37.3 Å². The van der Waals surface area contributed by atoms with Crippen molar-refractivity contribution in [3.8, 4) is 0 Å². The highest BCUT2D eigenvalue weighted by Gasteiger charge is 2.28. The van der Waals surface area contributed by atoms with Crippen LogP contribution in [0, 0.1) is 0 Å². The quantitative estimate of drug-likeness (QED) is 0.766. The maximum atomic E-state index is 10.3. The molecule has 4 rings (SSSR count). The molecular weight excluding hydrogens is 326 g/mol. The summed E-state index contributed by atoms with van der Waals surface area (Å²) in [6, 6.07) is 7.77. The van der Waals surface area contributed by atoms with Gasteiger partial charge in [-0.2, -0.15) is 0 Å². The summed E-state index contributed by atoms with van der Waals surface area (Å²) in [5.41, 5.74) is 1.93. The van der Waals surface area contributed by atoms with Crippen molar-refractivity contribution in [1.29, 1.82) is 0 Å².